The lowest BCUT2D eigenvalue weighted by Gasteiger charge is -2.28. The summed E-state index contributed by atoms with van der Waals surface area (Å²) in [7, 11) is -17.3. The first kappa shape index (κ1) is 27.5. The van der Waals surface area contributed by atoms with Crippen molar-refractivity contribution in [1.82, 2.24) is 9.55 Å². The van der Waals surface area contributed by atoms with Crippen LogP contribution in [0, 0.1) is 10.6 Å². The van der Waals surface area contributed by atoms with Gasteiger partial charge in [-0.1, -0.05) is 0 Å². The highest BCUT2D eigenvalue weighted by Crippen LogP contribution is 2.66. The minimum Gasteiger partial charge on any atom is -0.384 e. The Kier molecular flexibility index (Phi) is 7.56. The van der Waals surface area contributed by atoms with Gasteiger partial charge in [0.15, 0.2) is 17.9 Å². The SMILES string of the molecule is C[C@@]1(O)C(O)[C@@](F)(COP(=O)(O)OP(=O)(O)OP(=O)(O)O)O[C@H]1n1cc(F)c(N)nc1=S. The molecule has 0 radical (unpaired) electrons. The third-order valence-corrected chi connectivity index (χ3v) is 7.88. The van der Waals surface area contributed by atoms with Gasteiger partial charge in [0.1, 0.15) is 18.3 Å². The fraction of sp³-hybridized carbons (Fsp3) is 0.600. The third kappa shape index (κ3) is 6.22. The Hall–Kier alpha value is -0.750. The molecule has 0 bridgehead atoms. The van der Waals surface area contributed by atoms with E-state index in [0.29, 0.717) is 10.8 Å². The number of aliphatic hydroxyl groups excluding tert-OH is 1. The fourth-order valence-electron chi connectivity index (χ4n) is 2.49. The minimum atomic E-state index is -5.89. The molecular weight excluding hydrogens is 533 g/mol. The van der Waals surface area contributed by atoms with Crippen molar-refractivity contribution < 1.29 is 70.1 Å². The van der Waals surface area contributed by atoms with Crippen molar-refractivity contribution in [2.75, 3.05) is 12.3 Å². The summed E-state index contributed by atoms with van der Waals surface area (Å²) in [6.07, 6.45) is -3.97. The summed E-state index contributed by atoms with van der Waals surface area (Å²) in [6.45, 7) is -0.937. The van der Waals surface area contributed by atoms with Crippen LogP contribution >= 0.6 is 35.7 Å². The van der Waals surface area contributed by atoms with Crippen LogP contribution in [0.3, 0.4) is 0 Å². The summed E-state index contributed by atoms with van der Waals surface area (Å²) in [6, 6.07) is 0. The first-order valence-corrected chi connectivity index (χ1v) is 12.7. The highest BCUT2D eigenvalue weighted by Gasteiger charge is 2.63. The molecule has 1 fully saturated rings. The van der Waals surface area contributed by atoms with Crippen molar-refractivity contribution in [3.05, 3.63) is 16.8 Å². The summed E-state index contributed by atoms with van der Waals surface area (Å²) >= 11 is 4.82. The number of hydrogen-bond acceptors (Lipinski definition) is 12. The van der Waals surface area contributed by atoms with Crippen LogP contribution in [-0.4, -0.2) is 63.5 Å². The molecule has 2 rings (SSSR count). The molecule has 0 aromatic carbocycles. The second kappa shape index (κ2) is 8.79. The van der Waals surface area contributed by atoms with Gasteiger partial charge in [-0.2, -0.15) is 13.6 Å². The Morgan fingerprint density at radius 3 is 2.38 bits per heavy atom. The van der Waals surface area contributed by atoms with Gasteiger partial charge in [-0.05, 0) is 19.1 Å². The molecule has 8 N–H and O–H groups in total. The van der Waals surface area contributed by atoms with Crippen LogP contribution in [0.4, 0.5) is 14.6 Å². The van der Waals surface area contributed by atoms with E-state index in [1.165, 1.54) is 0 Å². The van der Waals surface area contributed by atoms with Gasteiger partial charge in [-0.3, -0.25) is 9.09 Å². The van der Waals surface area contributed by atoms with Crippen LogP contribution in [0.2, 0.25) is 0 Å². The van der Waals surface area contributed by atoms with Crippen molar-refractivity contribution >= 4 is 41.5 Å². The third-order valence-electron chi connectivity index (χ3n) is 3.80. The van der Waals surface area contributed by atoms with Gasteiger partial charge in [0.2, 0.25) is 4.77 Å². The number of anilines is 1. The van der Waals surface area contributed by atoms with Gasteiger partial charge in [0, 0.05) is 6.20 Å². The molecule has 0 spiro atoms. The first-order chi connectivity index (χ1) is 14.2. The molecule has 184 valence electrons. The van der Waals surface area contributed by atoms with E-state index in [1.807, 2.05) is 0 Å². The molecule has 1 saturated heterocycles. The van der Waals surface area contributed by atoms with E-state index < -0.39 is 70.3 Å². The van der Waals surface area contributed by atoms with Crippen molar-refractivity contribution in [3.63, 3.8) is 0 Å². The second-order valence-corrected chi connectivity index (χ2v) is 11.2. The number of phosphoric ester groups is 1. The highest BCUT2D eigenvalue weighted by atomic mass is 32.1. The number of nitrogen functional groups attached to an aromatic ring is 1. The number of halogens is 2. The largest absolute Gasteiger partial charge is 0.490 e. The Labute approximate surface area is 181 Å². The molecule has 0 saturated carbocycles. The molecule has 22 heteroatoms. The van der Waals surface area contributed by atoms with Crippen LogP contribution < -0.4 is 5.73 Å². The van der Waals surface area contributed by atoms with E-state index >= 15 is 4.39 Å². The van der Waals surface area contributed by atoms with Gasteiger partial charge in [0.25, 0.3) is 5.85 Å². The Balaban J connectivity index is 2.25. The molecule has 0 amide bonds. The Morgan fingerprint density at radius 1 is 1.28 bits per heavy atom. The average Bonchev–Trinajstić information content (AvgIpc) is 2.74. The van der Waals surface area contributed by atoms with E-state index in [9.17, 15) is 33.2 Å². The van der Waals surface area contributed by atoms with Gasteiger partial charge in [-0.15, -0.1) is 0 Å². The summed E-state index contributed by atoms with van der Waals surface area (Å²) in [4.78, 5) is 38.8. The molecule has 0 aliphatic carbocycles. The molecule has 32 heavy (non-hydrogen) atoms. The zero-order chi connectivity index (χ0) is 24.9. The maximum atomic E-state index is 15.2. The molecular formula is C10H16F2N3O13P3S. The summed E-state index contributed by atoms with van der Waals surface area (Å²) in [5, 5.41) is 20.6. The predicted octanol–water partition coefficient (Wildman–Crippen LogP) is -0.0163. The zero-order valence-electron chi connectivity index (χ0n) is 15.5. The van der Waals surface area contributed by atoms with Crippen LogP contribution in [0.15, 0.2) is 6.20 Å². The van der Waals surface area contributed by atoms with E-state index in [0.717, 1.165) is 6.92 Å². The molecule has 1 aliphatic rings. The van der Waals surface area contributed by atoms with Crippen molar-refractivity contribution in [1.29, 1.82) is 0 Å². The van der Waals surface area contributed by atoms with Gasteiger partial charge in [-0.25, -0.2) is 22.5 Å². The number of rotatable bonds is 8. The van der Waals surface area contributed by atoms with Gasteiger partial charge in [0.05, 0.1) is 0 Å². The summed E-state index contributed by atoms with van der Waals surface area (Å²) in [5.41, 5.74) is 2.65. The number of ether oxygens (including phenoxy) is 1. The maximum absolute atomic E-state index is 15.2. The summed E-state index contributed by atoms with van der Waals surface area (Å²) < 4.78 is 78.4. The predicted molar refractivity (Wildman–Crippen MR) is 97.8 cm³/mol. The van der Waals surface area contributed by atoms with Crippen molar-refractivity contribution in [2.24, 2.45) is 0 Å². The number of phosphoric acid groups is 3. The topological polar surface area (TPSA) is 253 Å². The molecule has 1 aliphatic heterocycles. The fourth-order valence-corrected chi connectivity index (χ4v) is 5.77. The maximum Gasteiger partial charge on any atom is 0.490 e. The lowest BCUT2D eigenvalue weighted by molar-refractivity contribution is -0.204. The van der Waals surface area contributed by atoms with Crippen molar-refractivity contribution in [3.8, 4) is 0 Å². The first-order valence-electron chi connectivity index (χ1n) is 7.79. The number of hydrogen-bond donors (Lipinski definition) is 7. The van der Waals surface area contributed by atoms with Crippen molar-refractivity contribution in [2.45, 2.75) is 30.7 Å². The summed E-state index contributed by atoms with van der Waals surface area (Å²) in [5.74, 6) is -5.33. The van der Waals surface area contributed by atoms with Gasteiger partial charge >= 0.3 is 23.5 Å². The average molecular weight is 549 g/mol. The van der Waals surface area contributed by atoms with Gasteiger partial charge < -0.3 is 40.3 Å². The number of aromatic nitrogens is 2. The smallest absolute Gasteiger partial charge is 0.384 e. The molecule has 6 atom stereocenters. The highest BCUT2D eigenvalue weighted by molar-refractivity contribution is 7.71. The molecule has 16 nitrogen and oxygen atoms in total. The van der Waals surface area contributed by atoms with E-state index in [1.54, 1.807) is 0 Å². The molecule has 1 aromatic heterocycles. The second-order valence-electron chi connectivity index (χ2n) is 6.41. The Morgan fingerprint density at radius 2 is 1.84 bits per heavy atom. The lowest BCUT2D eigenvalue weighted by Crippen LogP contribution is -2.49. The molecule has 1 aromatic rings. The number of alkyl halides is 1. The number of aliphatic hydroxyl groups is 2. The van der Waals surface area contributed by atoms with Crippen LogP contribution in [0.1, 0.15) is 13.2 Å². The van der Waals surface area contributed by atoms with Crippen LogP contribution in [0.5, 0.6) is 0 Å². The van der Waals surface area contributed by atoms with E-state index in [-0.39, 0.29) is 0 Å². The number of nitrogens with zero attached hydrogens (tertiary/aromatic N) is 2. The van der Waals surface area contributed by atoms with Crippen LogP contribution in [-0.2, 0) is 31.6 Å². The monoisotopic (exact) mass is 549 g/mol. The minimum absolute atomic E-state index is 0.515. The zero-order valence-corrected chi connectivity index (χ0v) is 19.0. The van der Waals surface area contributed by atoms with Crippen LogP contribution in [0.25, 0.3) is 0 Å². The van der Waals surface area contributed by atoms with E-state index in [2.05, 4.69) is 18.1 Å². The molecule has 3 unspecified atom stereocenters. The number of nitrogens with two attached hydrogens (primary N) is 1. The standard InChI is InChI=1S/C10H16F2N3O13P3S/c1-9(17)6(16)10(12,26-7(9)15-2-4(11)5(13)14-8(15)32)3-25-30(21,22)28-31(23,24)27-29(18,19)20/h2,6-7,16-17H,3H2,1H3,(H,21,22)(H,23,24)(H2,13,14,32)(H2,18,19,20)/t6?,7-,9-,10-/m1/s1. The molecule has 2 heterocycles. The van der Waals surface area contributed by atoms with E-state index in [4.69, 9.17) is 37.4 Å². The lowest BCUT2D eigenvalue weighted by atomic mass is 9.95. The quantitative estimate of drug-likeness (QED) is 0.166. The Bertz CT molecular complexity index is 1100. The normalized spacial score (nSPS) is 32.4.